The highest BCUT2D eigenvalue weighted by atomic mass is 15.4. The van der Waals surface area contributed by atoms with Crippen LogP contribution in [0.1, 0.15) is 130 Å². The van der Waals surface area contributed by atoms with Crippen LogP contribution in [0.25, 0.3) is 0 Å². The first-order chi connectivity index (χ1) is 13.7. The quantitative estimate of drug-likeness (QED) is 0.170. The largest absolute Gasteiger partial charge is 0.257 e. The Kier molecular flexibility index (Phi) is 11.8. The summed E-state index contributed by atoms with van der Waals surface area (Å²) in [5, 5.41) is 0. The molecule has 0 aromatic rings. The van der Waals surface area contributed by atoms with E-state index < -0.39 is 0 Å². The lowest BCUT2D eigenvalue weighted by Crippen LogP contribution is -2.43. The summed E-state index contributed by atoms with van der Waals surface area (Å²) in [5.74, 6) is 0.703. The van der Waals surface area contributed by atoms with E-state index in [0.717, 1.165) is 12.6 Å². The molecule has 164 valence electrons. The molecule has 0 aromatic heterocycles. The number of hydrazine groups is 1. The van der Waals surface area contributed by atoms with Crippen molar-refractivity contribution < 1.29 is 0 Å². The average molecular weight is 391 g/mol. The molecule has 0 aliphatic heterocycles. The number of hydrogen-bond donors (Lipinski definition) is 2. The summed E-state index contributed by atoms with van der Waals surface area (Å²) < 4.78 is 0. The van der Waals surface area contributed by atoms with Crippen molar-refractivity contribution in [2.45, 2.75) is 136 Å². The second-order valence-corrected chi connectivity index (χ2v) is 10.0. The standard InChI is InChI=1S/C26H50N2/c1-4-6-8-12-15-21-26(3,20-7-5-2)25(22-27-28-24-18-19-24)23-16-13-10-9-11-14-17-23/h16,24-25,27-28H,4-15,17-22H2,1-3H3/b23-16-. The molecule has 0 heterocycles. The number of nitrogens with one attached hydrogen (secondary N) is 2. The average Bonchev–Trinajstić information content (AvgIpc) is 3.48. The lowest BCUT2D eigenvalue weighted by atomic mass is 9.66. The molecule has 2 unspecified atom stereocenters. The minimum absolute atomic E-state index is 0.450. The number of hydrogen-bond acceptors (Lipinski definition) is 2. The van der Waals surface area contributed by atoms with E-state index in [0.29, 0.717) is 11.3 Å². The van der Waals surface area contributed by atoms with Gasteiger partial charge in [0.05, 0.1) is 0 Å². The van der Waals surface area contributed by atoms with Gasteiger partial charge >= 0.3 is 0 Å². The maximum absolute atomic E-state index is 3.68. The number of allylic oxidation sites excluding steroid dienone is 1. The Morgan fingerprint density at radius 1 is 0.929 bits per heavy atom. The molecule has 1 fully saturated rings. The van der Waals surface area contributed by atoms with Gasteiger partial charge in [-0.05, 0) is 62.7 Å². The molecule has 0 bridgehead atoms. The lowest BCUT2D eigenvalue weighted by Gasteiger charge is -2.41. The van der Waals surface area contributed by atoms with Crippen molar-refractivity contribution >= 4 is 0 Å². The second kappa shape index (κ2) is 13.8. The molecule has 2 aliphatic carbocycles. The normalized spacial score (nSPS) is 23.3. The van der Waals surface area contributed by atoms with Crippen LogP contribution in [-0.2, 0) is 0 Å². The van der Waals surface area contributed by atoms with Crippen LogP contribution in [0, 0.1) is 11.3 Å². The first-order valence-electron chi connectivity index (χ1n) is 12.9. The van der Waals surface area contributed by atoms with Crippen LogP contribution >= 0.6 is 0 Å². The molecule has 2 atom stereocenters. The zero-order valence-corrected chi connectivity index (χ0v) is 19.5. The number of unbranched alkanes of at least 4 members (excludes halogenated alkanes) is 5. The van der Waals surface area contributed by atoms with Crippen molar-refractivity contribution in [3.05, 3.63) is 11.6 Å². The van der Waals surface area contributed by atoms with E-state index in [1.807, 2.05) is 0 Å². The summed E-state index contributed by atoms with van der Waals surface area (Å²) >= 11 is 0. The van der Waals surface area contributed by atoms with Crippen molar-refractivity contribution in [1.29, 1.82) is 0 Å². The summed E-state index contributed by atoms with van der Waals surface area (Å²) in [7, 11) is 0. The van der Waals surface area contributed by atoms with E-state index in [4.69, 9.17) is 0 Å². The molecule has 0 spiro atoms. The minimum atomic E-state index is 0.450. The predicted molar refractivity (Wildman–Crippen MR) is 124 cm³/mol. The summed E-state index contributed by atoms with van der Waals surface area (Å²) in [6.07, 6.45) is 26.2. The molecular weight excluding hydrogens is 340 g/mol. The van der Waals surface area contributed by atoms with E-state index in [1.165, 1.54) is 109 Å². The summed E-state index contributed by atoms with van der Waals surface area (Å²) in [6, 6.07) is 0.739. The van der Waals surface area contributed by atoms with Crippen LogP contribution in [0.2, 0.25) is 0 Å². The first-order valence-corrected chi connectivity index (χ1v) is 12.9. The smallest absolute Gasteiger partial charge is 0.0214 e. The molecular formula is C26H50N2. The topological polar surface area (TPSA) is 24.1 Å². The molecule has 0 amide bonds. The van der Waals surface area contributed by atoms with E-state index in [9.17, 15) is 0 Å². The predicted octanol–water partition coefficient (Wildman–Crippen LogP) is 7.70. The fourth-order valence-corrected chi connectivity index (χ4v) is 5.08. The highest BCUT2D eigenvalue weighted by molar-refractivity contribution is 5.13. The Labute approximate surface area is 176 Å². The van der Waals surface area contributed by atoms with Gasteiger partial charge in [-0.15, -0.1) is 0 Å². The van der Waals surface area contributed by atoms with Crippen LogP contribution in [-0.4, -0.2) is 12.6 Å². The summed E-state index contributed by atoms with van der Waals surface area (Å²) in [5.41, 5.74) is 9.51. The monoisotopic (exact) mass is 390 g/mol. The molecule has 2 nitrogen and oxygen atoms in total. The van der Waals surface area contributed by atoms with Crippen LogP contribution in [0.3, 0.4) is 0 Å². The highest BCUT2D eigenvalue weighted by Gasteiger charge is 2.35. The molecule has 2 N–H and O–H groups in total. The lowest BCUT2D eigenvalue weighted by molar-refractivity contribution is 0.157. The molecule has 2 aliphatic rings. The molecule has 1 saturated carbocycles. The zero-order valence-electron chi connectivity index (χ0n) is 19.5. The van der Waals surface area contributed by atoms with Gasteiger partial charge in [0.1, 0.15) is 0 Å². The van der Waals surface area contributed by atoms with Crippen molar-refractivity contribution in [1.82, 2.24) is 10.9 Å². The van der Waals surface area contributed by atoms with Crippen LogP contribution in [0.4, 0.5) is 0 Å². The fraction of sp³-hybridized carbons (Fsp3) is 0.923. The van der Waals surface area contributed by atoms with Crippen LogP contribution in [0.5, 0.6) is 0 Å². The second-order valence-electron chi connectivity index (χ2n) is 10.0. The van der Waals surface area contributed by atoms with Gasteiger partial charge in [-0.2, -0.15) is 0 Å². The van der Waals surface area contributed by atoms with Gasteiger partial charge in [0.25, 0.3) is 0 Å². The van der Waals surface area contributed by atoms with Crippen molar-refractivity contribution in [2.24, 2.45) is 11.3 Å². The van der Waals surface area contributed by atoms with E-state index in [1.54, 1.807) is 5.57 Å². The minimum Gasteiger partial charge on any atom is -0.257 e. The van der Waals surface area contributed by atoms with E-state index >= 15 is 0 Å². The Morgan fingerprint density at radius 3 is 2.39 bits per heavy atom. The molecule has 28 heavy (non-hydrogen) atoms. The third kappa shape index (κ3) is 8.99. The first kappa shape index (κ1) is 23.9. The molecule has 2 rings (SSSR count). The van der Waals surface area contributed by atoms with Crippen molar-refractivity contribution in [2.75, 3.05) is 6.54 Å². The van der Waals surface area contributed by atoms with Gasteiger partial charge in [0.2, 0.25) is 0 Å². The van der Waals surface area contributed by atoms with Gasteiger partial charge in [0.15, 0.2) is 0 Å². The molecule has 0 aromatic carbocycles. The van der Waals surface area contributed by atoms with Gasteiger partial charge in [-0.3, -0.25) is 10.9 Å². The Balaban J connectivity index is 2.06. The van der Waals surface area contributed by atoms with Crippen molar-refractivity contribution in [3.63, 3.8) is 0 Å². The van der Waals surface area contributed by atoms with Crippen molar-refractivity contribution in [3.8, 4) is 0 Å². The van der Waals surface area contributed by atoms with E-state index in [2.05, 4.69) is 37.7 Å². The molecule has 0 radical (unpaired) electrons. The van der Waals surface area contributed by atoms with Gasteiger partial charge in [-0.1, -0.05) is 90.2 Å². The van der Waals surface area contributed by atoms with Gasteiger partial charge in [-0.25, -0.2) is 0 Å². The van der Waals surface area contributed by atoms with Crippen LogP contribution in [0.15, 0.2) is 11.6 Å². The highest BCUT2D eigenvalue weighted by Crippen LogP contribution is 2.44. The van der Waals surface area contributed by atoms with Gasteiger partial charge < -0.3 is 0 Å². The third-order valence-electron chi connectivity index (χ3n) is 7.26. The molecule has 0 saturated heterocycles. The maximum Gasteiger partial charge on any atom is 0.0214 e. The van der Waals surface area contributed by atoms with E-state index in [-0.39, 0.29) is 0 Å². The van der Waals surface area contributed by atoms with Crippen LogP contribution < -0.4 is 10.9 Å². The molecule has 2 heteroatoms. The third-order valence-corrected chi connectivity index (χ3v) is 7.26. The zero-order chi connectivity index (χ0) is 20.1. The van der Waals surface area contributed by atoms with Gasteiger partial charge in [0, 0.05) is 12.6 Å². The fourth-order valence-electron chi connectivity index (χ4n) is 5.08. The SMILES string of the molecule is CCCCCCCC(C)(CCCC)C(CNNC1CC1)/C1=C\CCCCCC1. The Morgan fingerprint density at radius 2 is 1.64 bits per heavy atom. The summed E-state index contributed by atoms with van der Waals surface area (Å²) in [6.45, 7) is 8.43. The Bertz CT molecular complexity index is 426. The summed E-state index contributed by atoms with van der Waals surface area (Å²) in [4.78, 5) is 0. The maximum atomic E-state index is 3.68. The number of rotatable bonds is 15. The Hall–Kier alpha value is -0.340.